The first-order valence-electron chi connectivity index (χ1n) is 14.2. The zero-order chi connectivity index (χ0) is 29.6. The molecule has 0 unspecified atom stereocenters. The Labute approximate surface area is 245 Å². The van der Waals surface area contributed by atoms with Gasteiger partial charge >= 0.3 is 5.88 Å². The number of rotatable bonds is 3. The summed E-state index contributed by atoms with van der Waals surface area (Å²) in [6.45, 7) is 4.34. The van der Waals surface area contributed by atoms with Gasteiger partial charge in [0.2, 0.25) is 0 Å². The van der Waals surface area contributed by atoms with E-state index < -0.39 is 11.9 Å². The van der Waals surface area contributed by atoms with Gasteiger partial charge in [-0.3, -0.25) is 4.98 Å². The van der Waals surface area contributed by atoms with Crippen LogP contribution in [0, 0.1) is 11.9 Å². The molecule has 0 radical (unpaired) electrons. The Morgan fingerprint density at radius 2 is 1.70 bits per heavy atom. The van der Waals surface area contributed by atoms with Gasteiger partial charge in [0, 0.05) is 18.1 Å². The standard InChI is InChI=1S/C34H27F2N5O2/c1-18(2)19-10-9-13-24-27(19)29-28(34-40(4)22-11-5-6-12-23(22)41(24)34)20-16-21-30(42-25(20)17-37-29)32(35)38-33(36)31(21)43-26-14-7-8-15-39(26)3/h5-15,17-18H,16H2,1-4H3/q+2. The van der Waals surface area contributed by atoms with Crippen LogP contribution in [-0.4, -0.2) is 14.4 Å². The third-order valence-corrected chi connectivity index (χ3v) is 8.46. The lowest BCUT2D eigenvalue weighted by Gasteiger charge is -2.23. The van der Waals surface area contributed by atoms with Gasteiger partial charge in [-0.2, -0.15) is 22.7 Å². The highest BCUT2D eigenvalue weighted by molar-refractivity contribution is 6.14. The Morgan fingerprint density at radius 1 is 0.907 bits per heavy atom. The number of ether oxygens (including phenoxy) is 2. The van der Waals surface area contributed by atoms with Crippen molar-refractivity contribution < 1.29 is 27.4 Å². The van der Waals surface area contributed by atoms with Gasteiger partial charge in [-0.15, -0.1) is 0 Å². The third-order valence-electron chi connectivity index (χ3n) is 8.46. The Kier molecular flexibility index (Phi) is 5.44. The number of imidazole rings is 1. The van der Waals surface area contributed by atoms with Gasteiger partial charge in [-0.05, 0) is 35.7 Å². The van der Waals surface area contributed by atoms with Crippen LogP contribution in [0.5, 0.6) is 23.1 Å². The molecule has 0 spiro atoms. The molecule has 0 amide bonds. The molecule has 0 N–H and O–H groups in total. The molecule has 6 heterocycles. The fourth-order valence-corrected chi connectivity index (χ4v) is 6.46. The monoisotopic (exact) mass is 575 g/mol. The Bertz CT molecular complexity index is 2310. The summed E-state index contributed by atoms with van der Waals surface area (Å²) in [5, 5.41) is 1.89. The van der Waals surface area contributed by atoms with Crippen molar-refractivity contribution in [3.05, 3.63) is 102 Å². The van der Waals surface area contributed by atoms with Gasteiger partial charge in [0.25, 0.3) is 17.5 Å². The number of para-hydroxylation sites is 2. The van der Waals surface area contributed by atoms with E-state index in [1.165, 1.54) is 0 Å². The number of hydrogen-bond acceptors (Lipinski definition) is 4. The lowest BCUT2D eigenvalue weighted by molar-refractivity contribution is -0.675. The minimum absolute atomic E-state index is 0.151. The fraction of sp³-hybridized carbons (Fsp3) is 0.176. The van der Waals surface area contributed by atoms with Crippen LogP contribution in [0.15, 0.2) is 73.1 Å². The molecular formula is C34H27F2N5O2+2. The van der Waals surface area contributed by atoms with E-state index in [0.29, 0.717) is 11.6 Å². The maximum absolute atomic E-state index is 15.4. The van der Waals surface area contributed by atoms with E-state index >= 15 is 8.78 Å². The molecule has 0 aliphatic carbocycles. The number of aryl methyl sites for hydroxylation is 2. The zero-order valence-corrected chi connectivity index (χ0v) is 24.0. The number of hydrogen-bond donors (Lipinski definition) is 0. The van der Waals surface area contributed by atoms with Crippen molar-refractivity contribution in [1.29, 1.82) is 0 Å². The highest BCUT2D eigenvalue weighted by atomic mass is 19.1. The maximum atomic E-state index is 15.4. The van der Waals surface area contributed by atoms with Crippen LogP contribution >= 0.6 is 0 Å². The van der Waals surface area contributed by atoms with E-state index in [9.17, 15) is 0 Å². The molecule has 43 heavy (non-hydrogen) atoms. The number of pyridine rings is 4. The Morgan fingerprint density at radius 3 is 2.51 bits per heavy atom. The van der Waals surface area contributed by atoms with E-state index in [4.69, 9.17) is 14.5 Å². The molecule has 9 heteroatoms. The fourth-order valence-electron chi connectivity index (χ4n) is 6.46. The zero-order valence-electron chi connectivity index (χ0n) is 24.0. The first-order valence-corrected chi connectivity index (χ1v) is 14.2. The predicted octanol–water partition coefficient (Wildman–Crippen LogP) is 6.73. The van der Waals surface area contributed by atoms with Gasteiger partial charge in [0.15, 0.2) is 28.7 Å². The smallest absolute Gasteiger partial charge is 0.373 e. The van der Waals surface area contributed by atoms with Gasteiger partial charge in [-0.1, -0.05) is 38.1 Å². The van der Waals surface area contributed by atoms with Crippen molar-refractivity contribution in [2.75, 3.05) is 0 Å². The second-order valence-electron chi connectivity index (χ2n) is 11.3. The average Bonchev–Trinajstić information content (AvgIpc) is 3.31. The van der Waals surface area contributed by atoms with Crippen molar-refractivity contribution in [2.24, 2.45) is 14.1 Å². The largest absolute Gasteiger partial charge is 0.450 e. The first-order chi connectivity index (χ1) is 20.8. The topological polar surface area (TPSA) is 56.4 Å². The van der Waals surface area contributed by atoms with Crippen molar-refractivity contribution >= 4 is 38.5 Å². The molecule has 0 atom stereocenters. The summed E-state index contributed by atoms with van der Waals surface area (Å²) in [5.74, 6) is -1.39. The van der Waals surface area contributed by atoms with Crippen LogP contribution < -0.4 is 18.6 Å². The van der Waals surface area contributed by atoms with Crippen LogP contribution in [-0.2, 0) is 20.5 Å². The van der Waals surface area contributed by atoms with E-state index in [2.05, 4.69) is 58.1 Å². The minimum Gasteiger partial charge on any atom is -0.450 e. The molecule has 1 aliphatic heterocycles. The Hall–Kier alpha value is -5.18. The Balaban J connectivity index is 1.49. The van der Waals surface area contributed by atoms with Crippen LogP contribution in [0.4, 0.5) is 8.78 Å². The summed E-state index contributed by atoms with van der Waals surface area (Å²) in [7, 11) is 3.81. The highest BCUT2D eigenvalue weighted by Crippen LogP contribution is 2.47. The number of nitrogens with zero attached hydrogens (tertiary/aromatic N) is 5. The van der Waals surface area contributed by atoms with Gasteiger partial charge in [-0.25, -0.2) is 4.57 Å². The summed E-state index contributed by atoms with van der Waals surface area (Å²) in [6, 6.07) is 19.9. The molecule has 7 nitrogen and oxygen atoms in total. The number of halogens is 2. The first kappa shape index (κ1) is 25.5. The molecule has 0 fully saturated rings. The van der Waals surface area contributed by atoms with E-state index in [1.54, 1.807) is 36.1 Å². The van der Waals surface area contributed by atoms with Gasteiger partial charge in [0.1, 0.15) is 18.3 Å². The predicted molar refractivity (Wildman–Crippen MR) is 158 cm³/mol. The molecule has 7 aromatic rings. The highest BCUT2D eigenvalue weighted by Gasteiger charge is 2.35. The SMILES string of the molecule is CC(C)c1cccc2c1c1ncc3c(c1c1n2c2ccccc2[n+]1C)Cc1c(c(F)nc(F)c1Oc1cccc[n+]1C)O3. The second kappa shape index (κ2) is 9.16. The molecule has 0 saturated heterocycles. The van der Waals surface area contributed by atoms with Crippen molar-refractivity contribution in [2.45, 2.75) is 26.2 Å². The molecule has 2 aromatic carbocycles. The lowest BCUT2D eigenvalue weighted by Crippen LogP contribution is -2.29. The second-order valence-corrected chi connectivity index (χ2v) is 11.3. The van der Waals surface area contributed by atoms with Crippen LogP contribution in [0.1, 0.15) is 36.5 Å². The quantitative estimate of drug-likeness (QED) is 0.133. The molecule has 5 aromatic heterocycles. The number of benzene rings is 2. The van der Waals surface area contributed by atoms with Gasteiger partial charge < -0.3 is 9.47 Å². The van der Waals surface area contributed by atoms with Crippen molar-refractivity contribution in [3.63, 3.8) is 0 Å². The van der Waals surface area contributed by atoms with E-state index in [1.807, 2.05) is 25.2 Å². The van der Waals surface area contributed by atoms with Crippen molar-refractivity contribution in [3.8, 4) is 23.1 Å². The minimum atomic E-state index is -1.04. The third kappa shape index (κ3) is 3.57. The molecule has 0 saturated carbocycles. The summed E-state index contributed by atoms with van der Waals surface area (Å²) in [4.78, 5) is 8.44. The normalized spacial score (nSPS) is 12.7. The summed E-state index contributed by atoms with van der Waals surface area (Å²) >= 11 is 0. The molecule has 8 rings (SSSR count). The number of fused-ring (bicyclic) bond motifs is 11. The van der Waals surface area contributed by atoms with Crippen LogP contribution in [0.2, 0.25) is 0 Å². The van der Waals surface area contributed by atoms with Crippen LogP contribution in [0.3, 0.4) is 0 Å². The molecule has 1 aliphatic rings. The summed E-state index contributed by atoms with van der Waals surface area (Å²) < 4.78 is 48.9. The molecule has 0 bridgehead atoms. The van der Waals surface area contributed by atoms with Crippen molar-refractivity contribution in [1.82, 2.24) is 14.4 Å². The van der Waals surface area contributed by atoms with Crippen LogP contribution in [0.25, 0.3) is 38.5 Å². The summed E-state index contributed by atoms with van der Waals surface area (Å²) in [5.41, 5.74) is 7.04. The molecular weight excluding hydrogens is 548 g/mol. The number of aromatic nitrogens is 5. The lowest BCUT2D eigenvalue weighted by atomic mass is 9.93. The molecule has 212 valence electrons. The van der Waals surface area contributed by atoms with Gasteiger partial charge in [0.05, 0.1) is 41.2 Å². The van der Waals surface area contributed by atoms with E-state index in [-0.39, 0.29) is 29.4 Å². The average molecular weight is 576 g/mol. The van der Waals surface area contributed by atoms with E-state index in [0.717, 1.165) is 49.6 Å². The summed E-state index contributed by atoms with van der Waals surface area (Å²) in [6.07, 6.45) is 3.57. The maximum Gasteiger partial charge on any atom is 0.373 e.